The van der Waals surface area contributed by atoms with Gasteiger partial charge in [-0.2, -0.15) is 13.9 Å². The molecule has 9 nitrogen and oxygen atoms in total. The third-order valence-corrected chi connectivity index (χ3v) is 8.31. The van der Waals surface area contributed by atoms with Crippen LogP contribution in [0, 0.1) is 0 Å². The number of aromatic nitrogens is 6. The summed E-state index contributed by atoms with van der Waals surface area (Å²) in [4.78, 5) is 4.70. The summed E-state index contributed by atoms with van der Waals surface area (Å²) in [6.45, 7) is 8.14. The molecule has 0 aromatic carbocycles. The Balaban J connectivity index is 1.77. The Morgan fingerprint density at radius 1 is 1.18 bits per heavy atom. The first kappa shape index (κ1) is 26.4. The number of hydrogen-bond donors (Lipinski definition) is 0. The Bertz CT molecular complexity index is 1440. The van der Waals surface area contributed by atoms with Gasteiger partial charge >= 0.3 is 6.61 Å². The molecule has 12 heteroatoms. The lowest BCUT2D eigenvalue weighted by molar-refractivity contribution is -0.0527. The molecule has 0 unspecified atom stereocenters. The van der Waals surface area contributed by atoms with Gasteiger partial charge < -0.3 is 18.8 Å². The first-order chi connectivity index (χ1) is 18.2. The maximum Gasteiger partial charge on any atom is 0.388 e. The van der Waals surface area contributed by atoms with Gasteiger partial charge in [0.25, 0.3) is 0 Å². The molecule has 0 aliphatic carbocycles. The number of hydrogen-bond acceptors (Lipinski definition) is 6. The number of rotatable bonds is 10. The van der Waals surface area contributed by atoms with E-state index >= 15 is 0 Å². The number of halogens is 2. The molecule has 1 aliphatic heterocycles. The molecule has 0 saturated heterocycles. The molecule has 0 spiro atoms. The SMILES string of the molecule is CCc1nn2c(c1-c1c(-c3cn(C)nc3OC(F)F)c3cccnc3n1COCC[Si](C)(C)C)OCCC2. The van der Waals surface area contributed by atoms with E-state index in [1.165, 1.54) is 4.68 Å². The van der Waals surface area contributed by atoms with Crippen LogP contribution in [0.2, 0.25) is 25.7 Å². The van der Waals surface area contributed by atoms with E-state index < -0.39 is 14.7 Å². The predicted octanol–water partition coefficient (Wildman–Crippen LogP) is 5.56. The van der Waals surface area contributed by atoms with Gasteiger partial charge in [-0.15, -0.1) is 5.10 Å². The summed E-state index contributed by atoms with van der Waals surface area (Å²) in [5.74, 6) is 0.520. The molecule has 204 valence electrons. The molecule has 38 heavy (non-hydrogen) atoms. The normalized spacial score (nSPS) is 13.8. The lowest BCUT2D eigenvalue weighted by Gasteiger charge is -2.19. The topological polar surface area (TPSA) is 81.2 Å². The fourth-order valence-corrected chi connectivity index (χ4v) is 5.60. The Morgan fingerprint density at radius 3 is 2.74 bits per heavy atom. The van der Waals surface area contributed by atoms with Crippen molar-refractivity contribution in [1.82, 2.24) is 29.1 Å². The molecule has 5 heterocycles. The molecule has 0 amide bonds. The van der Waals surface area contributed by atoms with Crippen molar-refractivity contribution in [3.63, 3.8) is 0 Å². The van der Waals surface area contributed by atoms with E-state index in [1.807, 2.05) is 28.3 Å². The van der Waals surface area contributed by atoms with Crippen LogP contribution in [-0.2, 0) is 31.5 Å². The molecular weight excluding hydrogens is 510 g/mol. The molecule has 0 saturated carbocycles. The van der Waals surface area contributed by atoms with E-state index in [0.717, 1.165) is 41.3 Å². The quantitative estimate of drug-likeness (QED) is 0.192. The van der Waals surface area contributed by atoms with Crippen molar-refractivity contribution in [2.75, 3.05) is 13.2 Å². The summed E-state index contributed by atoms with van der Waals surface area (Å²) < 4.78 is 49.5. The highest BCUT2D eigenvalue weighted by Gasteiger charge is 2.32. The van der Waals surface area contributed by atoms with Gasteiger partial charge in [0.1, 0.15) is 12.4 Å². The molecule has 0 atom stereocenters. The zero-order chi connectivity index (χ0) is 27.0. The predicted molar refractivity (Wildman–Crippen MR) is 143 cm³/mol. The zero-order valence-electron chi connectivity index (χ0n) is 22.5. The van der Waals surface area contributed by atoms with Gasteiger partial charge in [-0.3, -0.25) is 4.68 Å². The molecule has 1 aliphatic rings. The third kappa shape index (κ3) is 5.06. The van der Waals surface area contributed by atoms with Gasteiger partial charge in [0.2, 0.25) is 11.8 Å². The monoisotopic (exact) mass is 544 g/mol. The van der Waals surface area contributed by atoms with Crippen LogP contribution in [0.5, 0.6) is 11.8 Å². The van der Waals surface area contributed by atoms with Crippen molar-refractivity contribution >= 4 is 19.1 Å². The number of nitrogens with zero attached hydrogens (tertiary/aromatic N) is 6. The highest BCUT2D eigenvalue weighted by atomic mass is 28.3. The first-order valence-electron chi connectivity index (χ1n) is 12.9. The molecule has 4 aromatic heterocycles. The lowest BCUT2D eigenvalue weighted by atomic mass is 10.00. The minimum atomic E-state index is -3.01. The van der Waals surface area contributed by atoms with Crippen molar-refractivity contribution < 1.29 is 23.0 Å². The second-order valence-electron chi connectivity index (χ2n) is 10.7. The van der Waals surface area contributed by atoms with E-state index in [1.54, 1.807) is 19.4 Å². The number of alkyl halides is 2. The van der Waals surface area contributed by atoms with Gasteiger partial charge in [-0.05, 0) is 24.6 Å². The Hall–Kier alpha value is -3.25. The standard InChI is InChI=1S/C26H34F2N6O3Si/c1-6-19-21(25-34(30-19)11-8-12-36-25)22-20(18-15-32(2)31-24(18)37-26(27)28)17-9-7-10-29-23(17)33(22)16-35-13-14-38(3,4)5/h7,9-10,15,26H,6,8,11-14,16H2,1-5H3. The number of ether oxygens (including phenoxy) is 3. The molecule has 0 N–H and O–H groups in total. The highest BCUT2D eigenvalue weighted by molar-refractivity contribution is 6.76. The summed E-state index contributed by atoms with van der Waals surface area (Å²) in [5.41, 5.74) is 4.23. The van der Waals surface area contributed by atoms with Crippen LogP contribution in [0.25, 0.3) is 33.4 Å². The molecule has 0 bridgehead atoms. The number of fused-ring (bicyclic) bond motifs is 2. The van der Waals surface area contributed by atoms with Crippen LogP contribution in [0.1, 0.15) is 19.0 Å². The first-order valence-corrected chi connectivity index (χ1v) is 16.6. The minimum Gasteiger partial charge on any atom is -0.477 e. The average Bonchev–Trinajstić information content (AvgIpc) is 3.51. The fraction of sp³-hybridized carbons (Fsp3) is 0.500. The fourth-order valence-electron chi connectivity index (χ4n) is 4.84. The largest absolute Gasteiger partial charge is 0.477 e. The Kier molecular flexibility index (Phi) is 7.27. The van der Waals surface area contributed by atoms with E-state index in [2.05, 4.69) is 24.7 Å². The van der Waals surface area contributed by atoms with Crippen molar-refractivity contribution in [3.8, 4) is 34.1 Å². The molecule has 4 aromatic rings. The summed E-state index contributed by atoms with van der Waals surface area (Å²) in [6.07, 6.45) is 4.95. The maximum atomic E-state index is 13.4. The molecule has 0 radical (unpaired) electrons. The number of pyridine rings is 1. The lowest BCUT2D eigenvalue weighted by Crippen LogP contribution is -2.22. The second-order valence-corrected chi connectivity index (χ2v) is 16.3. The minimum absolute atomic E-state index is 0.147. The van der Waals surface area contributed by atoms with E-state index in [-0.39, 0.29) is 12.6 Å². The van der Waals surface area contributed by atoms with Gasteiger partial charge in [-0.25, -0.2) is 9.67 Å². The van der Waals surface area contributed by atoms with E-state index in [0.29, 0.717) is 42.3 Å². The van der Waals surface area contributed by atoms with E-state index in [4.69, 9.17) is 24.3 Å². The number of aryl methyl sites for hydroxylation is 3. The van der Waals surface area contributed by atoms with Crippen molar-refractivity contribution in [2.24, 2.45) is 7.05 Å². The van der Waals surface area contributed by atoms with Crippen molar-refractivity contribution in [2.45, 2.75) is 65.3 Å². The van der Waals surface area contributed by atoms with Crippen molar-refractivity contribution in [1.29, 1.82) is 0 Å². The van der Waals surface area contributed by atoms with Crippen LogP contribution in [0.3, 0.4) is 0 Å². The second kappa shape index (κ2) is 10.5. The highest BCUT2D eigenvalue weighted by Crippen LogP contribution is 2.48. The van der Waals surface area contributed by atoms with Gasteiger partial charge in [0, 0.05) is 58.0 Å². The van der Waals surface area contributed by atoms with Gasteiger partial charge in [0.15, 0.2) is 0 Å². The molecular formula is C26H34F2N6O3Si. The summed E-state index contributed by atoms with van der Waals surface area (Å²) in [6, 6.07) is 4.78. The summed E-state index contributed by atoms with van der Waals surface area (Å²) in [5, 5.41) is 9.83. The van der Waals surface area contributed by atoms with E-state index in [9.17, 15) is 8.78 Å². The van der Waals surface area contributed by atoms with Crippen LogP contribution in [0.4, 0.5) is 8.78 Å². The summed E-state index contributed by atoms with van der Waals surface area (Å²) >= 11 is 0. The van der Waals surface area contributed by atoms with Crippen LogP contribution < -0.4 is 9.47 Å². The summed E-state index contributed by atoms with van der Waals surface area (Å²) in [7, 11) is 0.382. The van der Waals surface area contributed by atoms with Crippen LogP contribution in [-0.4, -0.2) is 57.0 Å². The third-order valence-electron chi connectivity index (χ3n) is 6.60. The average molecular weight is 545 g/mol. The van der Waals surface area contributed by atoms with Crippen LogP contribution >= 0.6 is 0 Å². The smallest absolute Gasteiger partial charge is 0.388 e. The van der Waals surface area contributed by atoms with Crippen molar-refractivity contribution in [3.05, 3.63) is 30.2 Å². The Labute approximate surface area is 221 Å². The zero-order valence-corrected chi connectivity index (χ0v) is 23.5. The van der Waals surface area contributed by atoms with Crippen LogP contribution in [0.15, 0.2) is 24.5 Å². The maximum absolute atomic E-state index is 13.4. The van der Waals surface area contributed by atoms with Gasteiger partial charge in [-0.1, -0.05) is 26.6 Å². The Morgan fingerprint density at radius 2 is 2.00 bits per heavy atom. The van der Waals surface area contributed by atoms with Gasteiger partial charge in [0.05, 0.1) is 29.1 Å². The molecule has 5 rings (SSSR count). The molecule has 0 fully saturated rings.